The predicted octanol–water partition coefficient (Wildman–Crippen LogP) is 5.70. The molecule has 2 N–H and O–H groups in total. The maximum atomic E-state index is 5.96. The highest BCUT2D eigenvalue weighted by molar-refractivity contribution is 8.01. The predicted molar refractivity (Wildman–Crippen MR) is 100 cm³/mol. The molecule has 23 heavy (non-hydrogen) atoms. The number of aromatic nitrogens is 1. The third-order valence-corrected chi connectivity index (χ3v) is 5.64. The van der Waals surface area contributed by atoms with Gasteiger partial charge in [-0.05, 0) is 22.9 Å². The Hall–Kier alpha value is -2.30. The molecule has 4 heteroatoms. The first-order valence-corrected chi connectivity index (χ1v) is 8.91. The molecule has 0 fully saturated rings. The molecular weight excluding hydrogens is 320 g/mol. The quantitative estimate of drug-likeness (QED) is 0.522. The summed E-state index contributed by atoms with van der Waals surface area (Å²) in [6, 6.07) is 25.1. The second kappa shape index (κ2) is 6.07. The fraction of sp³-hybridized carbons (Fsp3) is 0. The van der Waals surface area contributed by atoms with Gasteiger partial charge < -0.3 is 5.73 Å². The summed E-state index contributed by atoms with van der Waals surface area (Å²) in [7, 11) is 0. The topological polar surface area (TPSA) is 38.9 Å². The van der Waals surface area contributed by atoms with Crippen LogP contribution in [0, 0.1) is 0 Å². The van der Waals surface area contributed by atoms with Crippen LogP contribution < -0.4 is 5.73 Å². The van der Waals surface area contributed by atoms with Gasteiger partial charge in [0.15, 0.2) is 5.13 Å². The van der Waals surface area contributed by atoms with E-state index in [0.717, 1.165) is 15.5 Å². The summed E-state index contributed by atoms with van der Waals surface area (Å²) >= 11 is 3.26. The first kappa shape index (κ1) is 14.3. The van der Waals surface area contributed by atoms with Crippen molar-refractivity contribution < 1.29 is 0 Å². The molecule has 0 aliphatic heterocycles. The maximum absolute atomic E-state index is 5.96. The van der Waals surface area contributed by atoms with Crippen LogP contribution >= 0.6 is 23.1 Å². The first-order valence-electron chi connectivity index (χ1n) is 7.28. The van der Waals surface area contributed by atoms with Gasteiger partial charge in [-0.25, -0.2) is 4.98 Å². The molecule has 0 spiro atoms. The van der Waals surface area contributed by atoms with Gasteiger partial charge in [-0.2, -0.15) is 0 Å². The Bertz CT molecular complexity index is 961. The zero-order chi connectivity index (χ0) is 15.6. The van der Waals surface area contributed by atoms with Gasteiger partial charge in [-0.1, -0.05) is 83.8 Å². The molecule has 0 radical (unpaired) electrons. The van der Waals surface area contributed by atoms with Crippen molar-refractivity contribution in [2.45, 2.75) is 9.10 Å². The lowest BCUT2D eigenvalue weighted by Gasteiger charge is -2.04. The molecule has 0 amide bonds. The van der Waals surface area contributed by atoms with Crippen LogP contribution in [0.15, 0.2) is 81.9 Å². The second-order valence-corrected chi connectivity index (χ2v) is 7.54. The van der Waals surface area contributed by atoms with Gasteiger partial charge >= 0.3 is 0 Å². The zero-order valence-corrected chi connectivity index (χ0v) is 13.9. The molecule has 0 unspecified atom stereocenters. The van der Waals surface area contributed by atoms with E-state index in [1.165, 1.54) is 27.0 Å². The molecule has 0 atom stereocenters. The highest BCUT2D eigenvalue weighted by atomic mass is 32.2. The smallest absolute Gasteiger partial charge is 0.181 e. The Balaban J connectivity index is 1.73. The summed E-state index contributed by atoms with van der Waals surface area (Å²) < 4.78 is 1.13. The Morgan fingerprint density at radius 3 is 2.39 bits per heavy atom. The van der Waals surface area contributed by atoms with Gasteiger partial charge in [0.2, 0.25) is 0 Å². The Morgan fingerprint density at radius 1 is 0.826 bits per heavy atom. The molecule has 4 aromatic rings. The summed E-state index contributed by atoms with van der Waals surface area (Å²) in [6.07, 6.45) is 0. The van der Waals surface area contributed by atoms with Crippen LogP contribution in [0.3, 0.4) is 0 Å². The molecule has 3 aromatic carbocycles. The van der Waals surface area contributed by atoms with Gasteiger partial charge in [0.05, 0.1) is 9.90 Å². The van der Waals surface area contributed by atoms with E-state index in [0.29, 0.717) is 5.13 Å². The lowest BCUT2D eigenvalue weighted by Crippen LogP contribution is -1.83. The van der Waals surface area contributed by atoms with Crippen LogP contribution in [0.1, 0.15) is 0 Å². The molecule has 1 aromatic heterocycles. The molecular formula is C19H14N2S2. The summed E-state index contributed by atoms with van der Waals surface area (Å²) in [6.45, 7) is 0. The van der Waals surface area contributed by atoms with Crippen molar-refractivity contribution in [3.63, 3.8) is 0 Å². The molecule has 2 nitrogen and oxygen atoms in total. The number of anilines is 1. The molecule has 4 rings (SSSR count). The number of benzene rings is 3. The second-order valence-electron chi connectivity index (χ2n) is 5.17. The van der Waals surface area contributed by atoms with E-state index in [4.69, 9.17) is 5.73 Å². The minimum atomic E-state index is 0.604. The third kappa shape index (κ3) is 2.96. The number of nitrogens with two attached hydrogens (primary N) is 1. The highest BCUT2D eigenvalue weighted by Gasteiger charge is 2.13. The van der Waals surface area contributed by atoms with Gasteiger partial charge in [-0.15, -0.1) is 0 Å². The minimum absolute atomic E-state index is 0.604. The van der Waals surface area contributed by atoms with Crippen LogP contribution in [-0.4, -0.2) is 4.98 Å². The summed E-state index contributed by atoms with van der Waals surface area (Å²) in [4.78, 5) is 5.71. The van der Waals surface area contributed by atoms with Gasteiger partial charge in [0, 0.05) is 10.5 Å². The standard InChI is InChI=1S/C19H14N2S2/c20-19-21-17(14-7-2-1-3-8-14)18(23-19)22-16-11-10-13-6-4-5-9-15(13)12-16/h1-12H,(H2,20,21). The normalized spacial score (nSPS) is 11.0. The SMILES string of the molecule is Nc1nc(-c2ccccc2)c(Sc2ccc3ccccc3c2)s1. The van der Waals surface area contributed by atoms with E-state index in [-0.39, 0.29) is 0 Å². The van der Waals surface area contributed by atoms with Gasteiger partial charge in [-0.3, -0.25) is 0 Å². The monoisotopic (exact) mass is 334 g/mol. The average molecular weight is 334 g/mol. The molecule has 0 saturated heterocycles. The van der Waals surface area contributed by atoms with Crippen molar-refractivity contribution in [3.8, 4) is 11.3 Å². The van der Waals surface area contributed by atoms with E-state index in [1.54, 1.807) is 11.8 Å². The number of rotatable bonds is 3. The van der Waals surface area contributed by atoms with E-state index < -0.39 is 0 Å². The van der Waals surface area contributed by atoms with Crippen molar-refractivity contribution in [1.29, 1.82) is 0 Å². The lowest BCUT2D eigenvalue weighted by atomic mass is 10.1. The van der Waals surface area contributed by atoms with Crippen molar-refractivity contribution in [2.75, 3.05) is 5.73 Å². The Morgan fingerprint density at radius 2 is 1.57 bits per heavy atom. The summed E-state index contributed by atoms with van der Waals surface area (Å²) in [5.74, 6) is 0. The van der Waals surface area contributed by atoms with Crippen LogP contribution in [0.4, 0.5) is 5.13 Å². The summed E-state index contributed by atoms with van der Waals surface area (Å²) in [5, 5.41) is 3.10. The Labute approximate surface area is 143 Å². The minimum Gasteiger partial charge on any atom is -0.375 e. The molecule has 1 heterocycles. The van der Waals surface area contributed by atoms with Crippen molar-refractivity contribution in [3.05, 3.63) is 72.8 Å². The molecule has 112 valence electrons. The molecule has 0 saturated carbocycles. The Kier molecular flexibility index (Phi) is 3.77. The fourth-order valence-electron chi connectivity index (χ4n) is 2.51. The number of hydrogen-bond acceptors (Lipinski definition) is 4. The maximum Gasteiger partial charge on any atom is 0.181 e. The molecule has 0 aliphatic carbocycles. The first-order chi connectivity index (χ1) is 11.3. The largest absolute Gasteiger partial charge is 0.375 e. The average Bonchev–Trinajstić information content (AvgIpc) is 2.96. The summed E-state index contributed by atoms with van der Waals surface area (Å²) in [5.41, 5.74) is 8.02. The van der Waals surface area contributed by atoms with Crippen molar-refractivity contribution in [2.24, 2.45) is 0 Å². The van der Waals surface area contributed by atoms with Crippen molar-refractivity contribution in [1.82, 2.24) is 4.98 Å². The number of hydrogen-bond donors (Lipinski definition) is 1. The molecule has 0 bridgehead atoms. The van der Waals surface area contributed by atoms with Gasteiger partial charge in [0.1, 0.15) is 0 Å². The zero-order valence-electron chi connectivity index (χ0n) is 12.3. The van der Waals surface area contributed by atoms with E-state index >= 15 is 0 Å². The number of nitrogen functional groups attached to an aromatic ring is 1. The van der Waals surface area contributed by atoms with Crippen LogP contribution in [0.2, 0.25) is 0 Å². The highest BCUT2D eigenvalue weighted by Crippen LogP contribution is 2.41. The van der Waals surface area contributed by atoms with Crippen LogP contribution in [0.5, 0.6) is 0 Å². The third-order valence-electron chi connectivity index (χ3n) is 3.59. The van der Waals surface area contributed by atoms with Gasteiger partial charge in [0.25, 0.3) is 0 Å². The number of thiazole rings is 1. The van der Waals surface area contributed by atoms with E-state index in [2.05, 4.69) is 59.6 Å². The lowest BCUT2D eigenvalue weighted by molar-refractivity contribution is 1.36. The fourth-order valence-corrected chi connectivity index (χ4v) is 4.60. The molecule has 0 aliphatic rings. The van der Waals surface area contributed by atoms with Crippen LogP contribution in [0.25, 0.3) is 22.0 Å². The van der Waals surface area contributed by atoms with E-state index in [9.17, 15) is 0 Å². The number of nitrogens with zero attached hydrogens (tertiary/aromatic N) is 1. The number of fused-ring (bicyclic) bond motifs is 1. The van der Waals surface area contributed by atoms with Crippen molar-refractivity contribution >= 4 is 39.0 Å². The van der Waals surface area contributed by atoms with E-state index in [1.807, 2.05) is 18.2 Å². The van der Waals surface area contributed by atoms with Crippen LogP contribution in [-0.2, 0) is 0 Å².